The molecule has 2 bridgehead atoms. The summed E-state index contributed by atoms with van der Waals surface area (Å²) >= 11 is 0. The van der Waals surface area contributed by atoms with Crippen molar-refractivity contribution >= 4 is 29.6 Å². The highest BCUT2D eigenvalue weighted by atomic mass is 16.7. The second kappa shape index (κ2) is 14.8. The molecule has 3 saturated heterocycles. The van der Waals surface area contributed by atoms with E-state index in [1.807, 2.05) is 13.8 Å². The summed E-state index contributed by atoms with van der Waals surface area (Å²) < 4.78 is 5.94. The Morgan fingerprint density at radius 3 is 2.12 bits per heavy atom. The number of rotatable bonds is 9. The molecule has 43 heavy (non-hydrogen) atoms. The fraction of sp³-hybridized carbons (Fsp3) is 0.833. The van der Waals surface area contributed by atoms with Crippen LogP contribution >= 0.6 is 0 Å². The van der Waals surface area contributed by atoms with Crippen LogP contribution in [0.5, 0.6) is 0 Å². The lowest BCUT2D eigenvalue weighted by atomic mass is 9.77. The molecule has 4 amide bonds. The number of nitrogens with one attached hydrogen (secondary N) is 2. The van der Waals surface area contributed by atoms with Crippen molar-refractivity contribution in [3.05, 3.63) is 0 Å². The molecule has 3 rings (SSSR count). The molecule has 0 aliphatic carbocycles. The highest BCUT2D eigenvalue weighted by Gasteiger charge is 2.54. The first kappa shape index (κ1) is 36.4. The maximum Gasteiger partial charge on any atom is 0.328 e. The van der Waals surface area contributed by atoms with Gasteiger partial charge in [0.15, 0.2) is 5.60 Å². The van der Waals surface area contributed by atoms with Crippen molar-refractivity contribution in [1.29, 1.82) is 0 Å². The number of aliphatic hydroxyl groups is 2. The van der Waals surface area contributed by atoms with Gasteiger partial charge >= 0.3 is 5.97 Å². The van der Waals surface area contributed by atoms with Crippen LogP contribution in [0.25, 0.3) is 0 Å². The summed E-state index contributed by atoms with van der Waals surface area (Å²) in [6.07, 6.45) is 1.03. The lowest BCUT2D eigenvalue weighted by Gasteiger charge is -2.48. The number of carbonyl (C=O) groups is 5. The summed E-state index contributed by atoms with van der Waals surface area (Å²) in [5, 5.41) is 26.2. The van der Waals surface area contributed by atoms with Crippen LogP contribution in [0.4, 0.5) is 0 Å². The van der Waals surface area contributed by atoms with Crippen molar-refractivity contribution in [2.45, 2.75) is 123 Å². The Morgan fingerprint density at radius 1 is 0.953 bits per heavy atom. The van der Waals surface area contributed by atoms with Crippen LogP contribution in [0.3, 0.4) is 0 Å². The van der Waals surface area contributed by atoms with Crippen LogP contribution in [0, 0.1) is 17.3 Å². The number of ether oxygens (including phenoxy) is 1. The van der Waals surface area contributed by atoms with Gasteiger partial charge in [-0.05, 0) is 72.1 Å². The molecule has 13 heteroatoms. The van der Waals surface area contributed by atoms with Gasteiger partial charge in [-0.3, -0.25) is 24.0 Å². The van der Waals surface area contributed by atoms with E-state index in [0.717, 1.165) is 11.5 Å². The first-order valence-corrected chi connectivity index (χ1v) is 15.3. The molecule has 3 heterocycles. The standard InChI is InChI=1S/C30H52N4O9/c1-10-11-21(36)13-12-18(3)23-29(6,7)27(40)32-19(4)25(38)34-16-30(8,43-34)28(41)33(9)22(17(2)14-15-35)24(37)31-20(5)26(39)42-23/h17-23,35-36H,10-16H2,1-9H3,(H,31,37)(H,32,40)/t17-,18+,19-,20-,21-,22-,23-,30?/m0/s1. The second-order valence-corrected chi connectivity index (χ2v) is 13.0. The molecule has 1 unspecified atom stereocenters. The monoisotopic (exact) mass is 612 g/mol. The number of nitrogens with zero attached hydrogens (tertiary/aromatic N) is 2. The first-order valence-electron chi connectivity index (χ1n) is 15.3. The average Bonchev–Trinajstić information content (AvgIpc) is 2.91. The van der Waals surface area contributed by atoms with Gasteiger partial charge in [0.25, 0.3) is 11.8 Å². The number of likely N-dealkylation sites (N-methyl/N-ethyl adjacent to an activating group) is 1. The minimum absolute atomic E-state index is 0.0981. The van der Waals surface area contributed by atoms with Crippen molar-refractivity contribution in [3.63, 3.8) is 0 Å². The summed E-state index contributed by atoms with van der Waals surface area (Å²) in [6, 6.07) is -3.22. The number of fused-ring (bicyclic) bond motifs is 13. The summed E-state index contributed by atoms with van der Waals surface area (Å²) in [5.74, 6) is -3.93. The van der Waals surface area contributed by atoms with Crippen molar-refractivity contribution in [2.24, 2.45) is 17.3 Å². The zero-order valence-corrected chi connectivity index (χ0v) is 27.1. The Hall–Kier alpha value is -2.77. The molecule has 0 saturated carbocycles. The predicted octanol–water partition coefficient (Wildman–Crippen LogP) is 0.903. The van der Waals surface area contributed by atoms with E-state index >= 15 is 0 Å². The van der Waals surface area contributed by atoms with Gasteiger partial charge in [0.1, 0.15) is 24.2 Å². The Labute approximate surface area is 255 Å². The van der Waals surface area contributed by atoms with Gasteiger partial charge in [-0.2, -0.15) is 0 Å². The van der Waals surface area contributed by atoms with E-state index in [0.29, 0.717) is 19.3 Å². The van der Waals surface area contributed by atoms with Crippen LogP contribution < -0.4 is 10.6 Å². The topological polar surface area (TPSA) is 175 Å². The SMILES string of the molecule is CCC[C@H](O)CC[C@@H](C)[C@@H]1OC(=O)[C@H](C)NC(=O)[C@H]([C@@H](C)CCO)N(C)C(=O)C2(C)CN(O2)C(=O)[C@H](C)NC(=O)C1(C)C. The molecule has 3 fully saturated rings. The van der Waals surface area contributed by atoms with E-state index in [1.54, 1.807) is 20.8 Å². The number of hydrogen-bond donors (Lipinski definition) is 4. The Morgan fingerprint density at radius 2 is 1.56 bits per heavy atom. The quantitative estimate of drug-likeness (QED) is 0.218. The molecule has 3 aliphatic rings. The third kappa shape index (κ3) is 8.45. The molecule has 4 N–H and O–H groups in total. The van der Waals surface area contributed by atoms with Gasteiger partial charge in [-0.15, -0.1) is 0 Å². The average molecular weight is 613 g/mol. The highest BCUT2D eigenvalue weighted by molar-refractivity contribution is 5.95. The van der Waals surface area contributed by atoms with Gasteiger partial charge in [0, 0.05) is 13.7 Å². The highest BCUT2D eigenvalue weighted by Crippen LogP contribution is 2.34. The van der Waals surface area contributed by atoms with Crippen LogP contribution in [-0.4, -0.2) is 106 Å². The van der Waals surface area contributed by atoms with Gasteiger partial charge in [-0.1, -0.05) is 27.2 Å². The third-order valence-corrected chi connectivity index (χ3v) is 8.65. The Bertz CT molecular complexity index is 1030. The molecule has 13 nitrogen and oxygen atoms in total. The number of hydrogen-bond acceptors (Lipinski definition) is 9. The molecule has 0 spiro atoms. The van der Waals surface area contributed by atoms with E-state index in [-0.39, 0.29) is 25.5 Å². The minimum atomic E-state index is -1.44. The molecule has 0 aromatic rings. The number of carbonyl (C=O) groups excluding carboxylic acids is 5. The number of hydroxylamine groups is 2. The van der Waals surface area contributed by atoms with Crippen LogP contribution in [0.1, 0.15) is 87.5 Å². The predicted molar refractivity (Wildman–Crippen MR) is 157 cm³/mol. The summed E-state index contributed by atoms with van der Waals surface area (Å²) in [4.78, 5) is 74.0. The van der Waals surface area contributed by atoms with Crippen LogP contribution in [0.2, 0.25) is 0 Å². The molecule has 3 aliphatic heterocycles. The zero-order chi connectivity index (χ0) is 32.9. The fourth-order valence-electron chi connectivity index (χ4n) is 5.85. The lowest BCUT2D eigenvalue weighted by molar-refractivity contribution is -0.316. The Kier molecular flexibility index (Phi) is 12.5. The van der Waals surface area contributed by atoms with Crippen LogP contribution in [0.15, 0.2) is 0 Å². The smallest absolute Gasteiger partial charge is 0.328 e. The van der Waals surface area contributed by atoms with E-state index < -0.39 is 76.9 Å². The van der Waals surface area contributed by atoms with Gasteiger partial charge in [0.2, 0.25) is 11.8 Å². The van der Waals surface area contributed by atoms with Crippen molar-refractivity contribution < 1.29 is 43.8 Å². The number of esters is 1. The van der Waals surface area contributed by atoms with E-state index in [1.165, 1.54) is 32.7 Å². The van der Waals surface area contributed by atoms with Crippen molar-refractivity contribution in [3.8, 4) is 0 Å². The number of aliphatic hydroxyl groups excluding tert-OH is 2. The molecule has 0 aromatic carbocycles. The molecular formula is C30H52N4O9. The summed E-state index contributed by atoms with van der Waals surface area (Å²) in [7, 11) is 1.44. The normalized spacial score (nSPS) is 31.3. The van der Waals surface area contributed by atoms with Crippen LogP contribution in [-0.2, 0) is 33.5 Å². The maximum absolute atomic E-state index is 13.6. The lowest BCUT2D eigenvalue weighted by Crippen LogP contribution is -2.70. The maximum atomic E-state index is 13.6. The van der Waals surface area contributed by atoms with E-state index in [4.69, 9.17) is 9.57 Å². The summed E-state index contributed by atoms with van der Waals surface area (Å²) in [5.41, 5.74) is -2.75. The third-order valence-electron chi connectivity index (χ3n) is 8.65. The molecule has 0 aromatic heterocycles. The van der Waals surface area contributed by atoms with Gasteiger partial charge < -0.3 is 30.5 Å². The van der Waals surface area contributed by atoms with E-state index in [2.05, 4.69) is 10.6 Å². The number of amides is 4. The molecule has 0 radical (unpaired) electrons. The second-order valence-electron chi connectivity index (χ2n) is 13.0. The molecule has 8 atom stereocenters. The van der Waals surface area contributed by atoms with Gasteiger partial charge in [0.05, 0.1) is 18.1 Å². The molecular weight excluding hydrogens is 560 g/mol. The van der Waals surface area contributed by atoms with Crippen molar-refractivity contribution in [2.75, 3.05) is 20.2 Å². The minimum Gasteiger partial charge on any atom is -0.459 e. The van der Waals surface area contributed by atoms with Crippen molar-refractivity contribution in [1.82, 2.24) is 20.6 Å². The van der Waals surface area contributed by atoms with Gasteiger partial charge in [-0.25, -0.2) is 9.86 Å². The zero-order valence-electron chi connectivity index (χ0n) is 27.1. The first-order chi connectivity index (χ1) is 19.9. The largest absolute Gasteiger partial charge is 0.459 e. The Balaban J connectivity index is 2.49. The fourth-order valence-corrected chi connectivity index (χ4v) is 5.85. The van der Waals surface area contributed by atoms with E-state index in [9.17, 15) is 34.2 Å². The summed E-state index contributed by atoms with van der Waals surface area (Å²) in [6.45, 7) is 12.9. The molecule has 246 valence electrons.